The maximum Gasteiger partial charge on any atom is 0.328 e. The molecule has 1 amide bonds. The van der Waals surface area contributed by atoms with E-state index in [1.165, 1.54) is 0 Å². The van der Waals surface area contributed by atoms with E-state index in [0.717, 1.165) is 0 Å². The Morgan fingerprint density at radius 1 is 1.11 bits per heavy atom. The van der Waals surface area contributed by atoms with Gasteiger partial charge in [0.2, 0.25) is 5.91 Å². The summed E-state index contributed by atoms with van der Waals surface area (Å²) in [7, 11) is 0. The van der Waals surface area contributed by atoms with Gasteiger partial charge in [0.15, 0.2) is 11.8 Å². The van der Waals surface area contributed by atoms with Gasteiger partial charge in [-0.25, -0.2) is 4.79 Å². The number of ketones is 1. The van der Waals surface area contributed by atoms with Crippen molar-refractivity contribution in [2.45, 2.75) is 31.3 Å². The first-order valence-corrected chi connectivity index (χ1v) is 5.43. The summed E-state index contributed by atoms with van der Waals surface area (Å²) in [6, 6.07) is -1.58. The number of aliphatic carboxylic acids is 2. The first kappa shape index (κ1) is 14.1. The molecule has 2 aliphatic rings. The van der Waals surface area contributed by atoms with Gasteiger partial charge in [0, 0.05) is 19.4 Å². The topological polar surface area (TPSA) is 133 Å². The Balaban J connectivity index is 0.000000180. The summed E-state index contributed by atoms with van der Waals surface area (Å²) in [5, 5.41) is 21.5. The lowest BCUT2D eigenvalue weighted by Gasteiger charge is -1.99. The quantitative estimate of drug-likeness (QED) is 0.436. The maximum absolute atomic E-state index is 10.6. The molecule has 2 atom stereocenters. The average Bonchev–Trinajstić information content (AvgIpc) is 2.87. The minimum Gasteiger partial charge on any atom is -0.480 e. The van der Waals surface area contributed by atoms with Crippen molar-refractivity contribution in [3.05, 3.63) is 0 Å². The molecule has 0 bridgehead atoms. The molecular weight excluding hydrogens is 244 g/mol. The molecule has 0 aromatic rings. The highest BCUT2D eigenvalue weighted by Gasteiger charge is 2.29. The van der Waals surface area contributed by atoms with E-state index >= 15 is 0 Å². The zero-order valence-corrected chi connectivity index (χ0v) is 9.51. The Hall–Kier alpha value is -1.96. The van der Waals surface area contributed by atoms with Gasteiger partial charge in [-0.15, -0.1) is 0 Å². The number of amides is 1. The number of carbonyl (C=O) groups excluding carboxylic acids is 2. The van der Waals surface area contributed by atoms with Crippen LogP contribution in [0.25, 0.3) is 0 Å². The number of carboxylic acids is 2. The van der Waals surface area contributed by atoms with Crippen LogP contribution in [0.15, 0.2) is 0 Å². The van der Waals surface area contributed by atoms with Gasteiger partial charge in [-0.05, 0) is 6.42 Å². The largest absolute Gasteiger partial charge is 0.480 e. The first-order chi connectivity index (χ1) is 8.41. The van der Waals surface area contributed by atoms with Crippen molar-refractivity contribution < 1.29 is 29.4 Å². The van der Waals surface area contributed by atoms with Gasteiger partial charge < -0.3 is 15.5 Å². The van der Waals surface area contributed by atoms with Crippen LogP contribution in [-0.2, 0) is 19.2 Å². The molecule has 2 rings (SSSR count). The van der Waals surface area contributed by atoms with Crippen LogP contribution in [0.2, 0.25) is 0 Å². The fraction of sp³-hybridized carbons (Fsp3) is 0.600. The molecular formula is C10H14N2O6. The molecule has 2 saturated heterocycles. The van der Waals surface area contributed by atoms with Crippen molar-refractivity contribution in [1.29, 1.82) is 0 Å². The zero-order chi connectivity index (χ0) is 13.7. The average molecular weight is 258 g/mol. The molecule has 8 heteroatoms. The smallest absolute Gasteiger partial charge is 0.328 e. The second-order valence-corrected chi connectivity index (χ2v) is 3.94. The van der Waals surface area contributed by atoms with E-state index in [9.17, 15) is 19.2 Å². The SMILES string of the molecule is O=C(O)[C@H]1NCCC1=O.O=C1CC[C@@H](C(=O)O)N1. The van der Waals surface area contributed by atoms with Crippen molar-refractivity contribution in [2.75, 3.05) is 6.54 Å². The van der Waals surface area contributed by atoms with Crippen LogP contribution >= 0.6 is 0 Å². The molecule has 0 unspecified atom stereocenters. The van der Waals surface area contributed by atoms with Gasteiger partial charge >= 0.3 is 11.9 Å². The van der Waals surface area contributed by atoms with Gasteiger partial charge in [0.1, 0.15) is 6.04 Å². The molecule has 0 aromatic carbocycles. The molecule has 0 saturated carbocycles. The van der Waals surface area contributed by atoms with E-state index in [4.69, 9.17) is 10.2 Å². The Morgan fingerprint density at radius 2 is 1.78 bits per heavy atom. The van der Waals surface area contributed by atoms with Gasteiger partial charge in [-0.1, -0.05) is 0 Å². The third kappa shape index (κ3) is 3.81. The molecule has 0 spiro atoms. The lowest BCUT2D eigenvalue weighted by Crippen LogP contribution is -2.35. The minimum atomic E-state index is -1.07. The highest BCUT2D eigenvalue weighted by Crippen LogP contribution is 2.05. The Kier molecular flexibility index (Phi) is 4.78. The van der Waals surface area contributed by atoms with Gasteiger partial charge in [-0.2, -0.15) is 0 Å². The van der Waals surface area contributed by atoms with Crippen molar-refractivity contribution in [1.82, 2.24) is 10.6 Å². The lowest BCUT2D eigenvalue weighted by molar-refractivity contribution is -0.142. The number of carbonyl (C=O) groups is 4. The molecule has 2 heterocycles. The molecule has 0 aliphatic carbocycles. The minimum absolute atomic E-state index is 0.164. The summed E-state index contributed by atoms with van der Waals surface area (Å²) in [4.78, 5) is 41.2. The number of carboxylic acid groups (broad SMARTS) is 2. The van der Waals surface area contributed by atoms with Crippen LogP contribution in [-0.4, -0.2) is 52.5 Å². The summed E-state index contributed by atoms with van der Waals surface area (Å²) >= 11 is 0. The number of hydrogen-bond acceptors (Lipinski definition) is 5. The molecule has 100 valence electrons. The Labute approximate surface area is 102 Å². The molecule has 18 heavy (non-hydrogen) atoms. The van der Waals surface area contributed by atoms with E-state index in [-0.39, 0.29) is 11.7 Å². The number of hydrogen-bond donors (Lipinski definition) is 4. The maximum atomic E-state index is 10.6. The first-order valence-electron chi connectivity index (χ1n) is 5.43. The summed E-state index contributed by atoms with van der Waals surface area (Å²) in [5.41, 5.74) is 0. The van der Waals surface area contributed by atoms with Gasteiger partial charge in [-0.3, -0.25) is 19.7 Å². The predicted octanol–water partition coefficient (Wildman–Crippen LogP) is -1.65. The zero-order valence-electron chi connectivity index (χ0n) is 9.51. The number of rotatable bonds is 2. The highest BCUT2D eigenvalue weighted by atomic mass is 16.4. The van der Waals surface area contributed by atoms with Crippen LogP contribution in [0, 0.1) is 0 Å². The van der Waals surface area contributed by atoms with Crippen LogP contribution in [0.5, 0.6) is 0 Å². The van der Waals surface area contributed by atoms with Crippen molar-refractivity contribution in [3.63, 3.8) is 0 Å². The highest BCUT2D eigenvalue weighted by molar-refractivity contribution is 6.03. The standard InChI is InChI=1S/2C5H7NO3/c7-3-1-2-6-4(3)5(8)9;7-4-2-1-3(6-4)5(8)9/h4,6H,1-2H2,(H,8,9);3H,1-2H2,(H,6,7)(H,8,9)/t4-;3-/m00/s1. The van der Waals surface area contributed by atoms with Gasteiger partial charge in [0.05, 0.1) is 0 Å². The van der Waals surface area contributed by atoms with E-state index in [0.29, 0.717) is 25.8 Å². The normalized spacial score (nSPS) is 26.2. The summed E-state index contributed by atoms with van der Waals surface area (Å²) < 4.78 is 0. The van der Waals surface area contributed by atoms with Crippen LogP contribution in [0.4, 0.5) is 0 Å². The second kappa shape index (κ2) is 6.10. The Bertz CT molecular complexity index is 381. The summed E-state index contributed by atoms with van der Waals surface area (Å²) in [5.74, 6) is -2.40. The van der Waals surface area contributed by atoms with Crippen LogP contribution < -0.4 is 10.6 Å². The van der Waals surface area contributed by atoms with E-state index < -0.39 is 24.0 Å². The lowest BCUT2D eigenvalue weighted by atomic mass is 10.2. The molecule has 8 nitrogen and oxygen atoms in total. The molecule has 0 radical (unpaired) electrons. The number of Topliss-reactive ketones (excluding diaryl/α,β-unsaturated/α-hetero) is 1. The van der Waals surface area contributed by atoms with Crippen LogP contribution in [0.1, 0.15) is 19.3 Å². The second-order valence-electron chi connectivity index (χ2n) is 3.94. The Morgan fingerprint density at radius 3 is 2.00 bits per heavy atom. The van der Waals surface area contributed by atoms with E-state index in [1.807, 2.05) is 0 Å². The predicted molar refractivity (Wildman–Crippen MR) is 57.9 cm³/mol. The van der Waals surface area contributed by atoms with Crippen LogP contribution in [0.3, 0.4) is 0 Å². The van der Waals surface area contributed by atoms with Gasteiger partial charge in [0.25, 0.3) is 0 Å². The van der Waals surface area contributed by atoms with Crippen molar-refractivity contribution >= 4 is 23.6 Å². The third-order valence-corrected chi connectivity index (χ3v) is 2.58. The fourth-order valence-corrected chi connectivity index (χ4v) is 1.62. The monoisotopic (exact) mass is 258 g/mol. The molecule has 4 N–H and O–H groups in total. The number of nitrogens with one attached hydrogen (secondary N) is 2. The summed E-state index contributed by atoms with van der Waals surface area (Å²) in [6.07, 6.45) is 1.11. The van der Waals surface area contributed by atoms with Crippen molar-refractivity contribution in [3.8, 4) is 0 Å². The molecule has 0 aromatic heterocycles. The van der Waals surface area contributed by atoms with Crippen molar-refractivity contribution in [2.24, 2.45) is 0 Å². The fourth-order valence-electron chi connectivity index (χ4n) is 1.62. The summed E-state index contributed by atoms with van der Waals surface area (Å²) in [6.45, 7) is 0.496. The van der Waals surface area contributed by atoms with E-state index in [2.05, 4.69) is 10.6 Å². The molecule has 2 fully saturated rings. The van der Waals surface area contributed by atoms with E-state index in [1.54, 1.807) is 0 Å². The third-order valence-electron chi connectivity index (χ3n) is 2.58. The molecule has 2 aliphatic heterocycles.